The van der Waals surface area contributed by atoms with E-state index >= 15 is 0 Å². The highest BCUT2D eigenvalue weighted by Gasteiger charge is 2.67. The third kappa shape index (κ3) is 3.23. The molecule has 1 saturated heterocycles. The quantitative estimate of drug-likeness (QED) is 0.609. The van der Waals surface area contributed by atoms with Crippen molar-refractivity contribution in [3.05, 3.63) is 59.7 Å². The Balaban J connectivity index is 1.67. The Kier molecular flexibility index (Phi) is 5.59. The Bertz CT molecular complexity index is 1200. The van der Waals surface area contributed by atoms with Gasteiger partial charge in [-0.25, -0.2) is 0 Å². The standard InChI is InChI=1S/C29H37NO4Si/c1-18-17-28(3,4)30-25-22(18)9-8-10-23(25)29(27(30)32)19(2)26(24(34-29)15-16-31)35(6,7)21-13-11-20(33-5)12-14-21/h8-14,17,19,24,26,31H,15-16H2,1-7H3/t19-,24+,26-,29+/m1/s1. The van der Waals surface area contributed by atoms with E-state index in [-0.39, 0.29) is 30.1 Å². The molecule has 5 nitrogen and oxygen atoms in total. The highest BCUT2D eigenvalue weighted by molar-refractivity contribution is 6.91. The van der Waals surface area contributed by atoms with Gasteiger partial charge in [-0.2, -0.15) is 0 Å². The topological polar surface area (TPSA) is 59.0 Å². The number of nitrogens with zero attached hydrogens (tertiary/aromatic N) is 1. The molecule has 3 aliphatic rings. The smallest absolute Gasteiger partial charge is 0.265 e. The molecular weight excluding hydrogens is 454 g/mol. The number of carbonyl (C=O) groups excluding carboxylic acids is 1. The second-order valence-corrected chi connectivity index (χ2v) is 16.2. The average Bonchev–Trinajstić information content (AvgIpc) is 3.25. The summed E-state index contributed by atoms with van der Waals surface area (Å²) in [6.45, 7) is 13.3. The number of rotatable bonds is 5. The number of hydrogen-bond donors (Lipinski definition) is 1. The SMILES string of the molecule is COc1ccc([Si](C)(C)[C@H]2[C@H](CCO)O[C@@]3(C(=O)N4c5c(cccc53)C(C)=CC4(C)C)[C@@H]2C)cc1. The maximum atomic E-state index is 14.5. The van der Waals surface area contributed by atoms with Crippen molar-refractivity contribution >= 4 is 30.4 Å². The number of aliphatic hydroxyl groups excluding tert-OH is 1. The summed E-state index contributed by atoms with van der Waals surface area (Å²) in [5, 5.41) is 11.3. The van der Waals surface area contributed by atoms with Gasteiger partial charge in [-0.05, 0) is 50.4 Å². The van der Waals surface area contributed by atoms with Crippen LogP contribution in [0.15, 0.2) is 48.5 Å². The van der Waals surface area contributed by atoms with Crippen LogP contribution in [0.25, 0.3) is 5.57 Å². The number of methoxy groups -OCH3 is 1. The summed E-state index contributed by atoms with van der Waals surface area (Å²) < 4.78 is 12.3. The Hall–Kier alpha value is -2.41. The number of anilines is 1. The van der Waals surface area contributed by atoms with Crippen LogP contribution in [0.4, 0.5) is 5.69 Å². The van der Waals surface area contributed by atoms with Crippen molar-refractivity contribution in [2.24, 2.45) is 5.92 Å². The van der Waals surface area contributed by atoms with Crippen molar-refractivity contribution in [1.29, 1.82) is 0 Å². The molecule has 2 aromatic carbocycles. The van der Waals surface area contributed by atoms with Crippen LogP contribution in [-0.2, 0) is 15.1 Å². The molecule has 35 heavy (non-hydrogen) atoms. The number of aliphatic hydroxyl groups is 1. The van der Waals surface area contributed by atoms with E-state index in [1.54, 1.807) is 7.11 Å². The molecule has 3 heterocycles. The first-order chi connectivity index (χ1) is 16.5. The van der Waals surface area contributed by atoms with Gasteiger partial charge in [-0.15, -0.1) is 0 Å². The molecule has 6 heteroatoms. The molecule has 5 rings (SSSR count). The van der Waals surface area contributed by atoms with Crippen molar-refractivity contribution < 1.29 is 19.4 Å². The van der Waals surface area contributed by atoms with Gasteiger partial charge in [0.15, 0.2) is 5.60 Å². The zero-order valence-corrected chi connectivity index (χ0v) is 22.9. The third-order valence-corrected chi connectivity index (χ3v) is 13.1. The van der Waals surface area contributed by atoms with E-state index in [2.05, 4.69) is 77.2 Å². The maximum Gasteiger partial charge on any atom is 0.265 e. The van der Waals surface area contributed by atoms with Crippen molar-refractivity contribution in [2.45, 2.75) is 70.0 Å². The first kappa shape index (κ1) is 24.3. The number of carbonyl (C=O) groups is 1. The molecule has 0 saturated carbocycles. The van der Waals surface area contributed by atoms with Crippen LogP contribution in [0.5, 0.6) is 5.75 Å². The minimum Gasteiger partial charge on any atom is -0.497 e. The first-order valence-electron chi connectivity index (χ1n) is 12.6. The fraction of sp³-hybridized carbons (Fsp3) is 0.483. The van der Waals surface area contributed by atoms with Crippen LogP contribution < -0.4 is 14.8 Å². The van der Waals surface area contributed by atoms with E-state index in [1.165, 1.54) is 10.8 Å². The van der Waals surface area contributed by atoms with Gasteiger partial charge in [0.1, 0.15) is 5.75 Å². The first-order valence-corrected chi connectivity index (χ1v) is 15.7. The predicted octanol–water partition coefficient (Wildman–Crippen LogP) is 4.84. The van der Waals surface area contributed by atoms with E-state index < -0.39 is 19.2 Å². The number of allylic oxidation sites excluding steroid dienone is 1. The van der Waals surface area contributed by atoms with Gasteiger partial charge in [0.05, 0.1) is 32.5 Å². The Labute approximate surface area is 209 Å². The van der Waals surface area contributed by atoms with E-state index in [9.17, 15) is 9.90 Å². The Morgan fingerprint density at radius 3 is 2.46 bits per heavy atom. The second-order valence-electron chi connectivity index (χ2n) is 11.5. The van der Waals surface area contributed by atoms with Gasteiger partial charge in [-0.1, -0.05) is 61.6 Å². The van der Waals surface area contributed by atoms with Crippen LogP contribution in [-0.4, -0.2) is 44.4 Å². The van der Waals surface area contributed by atoms with E-state index in [4.69, 9.17) is 9.47 Å². The summed E-state index contributed by atoms with van der Waals surface area (Å²) in [6, 6.07) is 14.6. The molecule has 0 unspecified atom stereocenters. The average molecular weight is 492 g/mol. The number of amides is 1. The molecule has 1 spiro atoms. The van der Waals surface area contributed by atoms with Gasteiger partial charge in [-0.3, -0.25) is 9.69 Å². The van der Waals surface area contributed by atoms with E-state index in [0.29, 0.717) is 6.42 Å². The molecule has 4 atom stereocenters. The second kappa shape index (κ2) is 8.05. The monoisotopic (exact) mass is 491 g/mol. The van der Waals surface area contributed by atoms with Crippen molar-refractivity contribution in [1.82, 2.24) is 0 Å². The molecule has 186 valence electrons. The fourth-order valence-corrected chi connectivity index (χ4v) is 11.3. The predicted molar refractivity (Wildman–Crippen MR) is 143 cm³/mol. The largest absolute Gasteiger partial charge is 0.497 e. The molecule has 0 aromatic heterocycles. The van der Waals surface area contributed by atoms with Gasteiger partial charge in [0.2, 0.25) is 0 Å². The number of fused-ring (bicyclic) bond motifs is 1. The summed E-state index contributed by atoms with van der Waals surface area (Å²) in [5.74, 6) is 0.832. The molecule has 0 bridgehead atoms. The van der Waals surface area contributed by atoms with Gasteiger partial charge >= 0.3 is 0 Å². The number of hydrogen-bond acceptors (Lipinski definition) is 4. The highest BCUT2D eigenvalue weighted by Crippen LogP contribution is 2.62. The molecule has 3 aliphatic heterocycles. The van der Waals surface area contributed by atoms with Crippen molar-refractivity contribution in [3.8, 4) is 5.75 Å². The molecule has 1 amide bonds. The minimum absolute atomic E-state index is 0.0335. The Morgan fingerprint density at radius 1 is 1.14 bits per heavy atom. The van der Waals surface area contributed by atoms with Crippen LogP contribution in [0, 0.1) is 5.92 Å². The lowest BCUT2D eigenvalue weighted by atomic mass is 9.81. The third-order valence-electron chi connectivity index (χ3n) is 8.75. The lowest BCUT2D eigenvalue weighted by Gasteiger charge is -2.40. The molecule has 2 aromatic rings. The summed E-state index contributed by atoms with van der Waals surface area (Å²) >= 11 is 0. The highest BCUT2D eigenvalue weighted by atomic mass is 28.3. The summed E-state index contributed by atoms with van der Waals surface area (Å²) in [7, 11) is -0.465. The van der Waals surface area contributed by atoms with Crippen LogP contribution in [0.3, 0.4) is 0 Å². The van der Waals surface area contributed by atoms with Crippen molar-refractivity contribution in [2.75, 3.05) is 18.6 Å². The van der Waals surface area contributed by atoms with Crippen LogP contribution in [0.2, 0.25) is 18.6 Å². The molecule has 1 fully saturated rings. The number of benzene rings is 2. The maximum absolute atomic E-state index is 14.5. The zero-order chi connectivity index (χ0) is 25.3. The van der Waals surface area contributed by atoms with Gasteiger partial charge < -0.3 is 14.6 Å². The normalized spacial score (nSPS) is 28.9. The van der Waals surface area contributed by atoms with Crippen LogP contribution in [0.1, 0.15) is 45.2 Å². The van der Waals surface area contributed by atoms with Crippen molar-refractivity contribution in [3.63, 3.8) is 0 Å². The van der Waals surface area contributed by atoms with Gasteiger partial charge in [0.25, 0.3) is 5.91 Å². The molecule has 0 radical (unpaired) electrons. The molecule has 0 aliphatic carbocycles. The summed E-state index contributed by atoms with van der Waals surface area (Å²) in [6.07, 6.45) is 2.51. The number of para-hydroxylation sites is 1. The van der Waals surface area contributed by atoms with E-state index in [0.717, 1.165) is 22.6 Å². The minimum atomic E-state index is -2.14. The van der Waals surface area contributed by atoms with Gasteiger partial charge in [0, 0.05) is 23.7 Å². The van der Waals surface area contributed by atoms with E-state index in [1.807, 2.05) is 17.0 Å². The van der Waals surface area contributed by atoms with Crippen LogP contribution >= 0.6 is 0 Å². The zero-order valence-electron chi connectivity index (χ0n) is 21.9. The summed E-state index contributed by atoms with van der Waals surface area (Å²) in [5.41, 5.74) is 2.96. The molecular formula is C29H37NO4Si. The summed E-state index contributed by atoms with van der Waals surface area (Å²) in [4.78, 5) is 16.5. The molecule has 1 N–H and O–H groups in total. The Morgan fingerprint density at radius 2 is 1.83 bits per heavy atom. The lowest BCUT2D eigenvalue weighted by molar-refractivity contribution is -0.147. The number of ether oxygens (including phenoxy) is 2. The lowest BCUT2D eigenvalue weighted by Crippen LogP contribution is -2.54. The fourth-order valence-electron chi connectivity index (χ4n) is 7.22.